The zero-order valence-corrected chi connectivity index (χ0v) is 11.7. The molecular weight excluding hydrogens is 268 g/mol. The van der Waals surface area contributed by atoms with E-state index in [1.807, 2.05) is 28.8 Å². The molecular formula is C12H15ClN4S. The van der Waals surface area contributed by atoms with Crippen LogP contribution in [-0.2, 0) is 18.8 Å². The molecule has 2 rings (SSSR count). The number of thioether (sulfide) groups is 1. The molecule has 18 heavy (non-hydrogen) atoms. The minimum absolute atomic E-state index is 0.419. The Morgan fingerprint density at radius 2 is 2.00 bits per heavy atom. The standard InChI is InChI=1S/C12H15ClN4S/c1-2-17-11(7-14)15-16-12(17)18-8-9-3-5-10(13)6-4-9/h3-6H,2,7-8,14H2,1H3. The fourth-order valence-corrected chi connectivity index (χ4v) is 2.73. The molecule has 1 heterocycles. The van der Waals surface area contributed by atoms with Crippen molar-refractivity contribution in [2.24, 2.45) is 5.73 Å². The van der Waals surface area contributed by atoms with Gasteiger partial charge in [-0.2, -0.15) is 0 Å². The molecule has 0 spiro atoms. The van der Waals surface area contributed by atoms with E-state index in [0.717, 1.165) is 28.3 Å². The van der Waals surface area contributed by atoms with Crippen molar-refractivity contribution in [1.29, 1.82) is 0 Å². The van der Waals surface area contributed by atoms with Crippen LogP contribution in [-0.4, -0.2) is 14.8 Å². The van der Waals surface area contributed by atoms with Crippen molar-refractivity contribution in [3.05, 3.63) is 40.7 Å². The molecule has 0 aliphatic heterocycles. The summed E-state index contributed by atoms with van der Waals surface area (Å²) in [6.45, 7) is 3.32. The molecule has 2 N–H and O–H groups in total. The molecule has 1 aromatic carbocycles. The molecule has 0 aliphatic carbocycles. The Labute approximate surface area is 116 Å². The first-order valence-corrected chi connectivity index (χ1v) is 7.10. The summed E-state index contributed by atoms with van der Waals surface area (Å²) < 4.78 is 2.04. The summed E-state index contributed by atoms with van der Waals surface area (Å²) in [5.41, 5.74) is 6.83. The summed E-state index contributed by atoms with van der Waals surface area (Å²) >= 11 is 7.51. The van der Waals surface area contributed by atoms with E-state index in [0.29, 0.717) is 6.54 Å². The molecule has 2 aromatic rings. The molecule has 1 aromatic heterocycles. The van der Waals surface area contributed by atoms with Gasteiger partial charge >= 0.3 is 0 Å². The third-order valence-corrected chi connectivity index (χ3v) is 3.86. The highest BCUT2D eigenvalue weighted by Gasteiger charge is 2.09. The molecule has 0 bridgehead atoms. The Balaban J connectivity index is 2.06. The van der Waals surface area contributed by atoms with Gasteiger partial charge in [0.15, 0.2) is 5.16 Å². The van der Waals surface area contributed by atoms with Crippen LogP contribution in [0.5, 0.6) is 0 Å². The van der Waals surface area contributed by atoms with Gasteiger partial charge in [-0.05, 0) is 24.6 Å². The predicted molar refractivity (Wildman–Crippen MR) is 74.6 cm³/mol. The molecule has 0 saturated carbocycles. The Kier molecular flexibility index (Phi) is 4.63. The minimum atomic E-state index is 0.419. The highest BCUT2D eigenvalue weighted by Crippen LogP contribution is 2.22. The summed E-state index contributed by atoms with van der Waals surface area (Å²) in [7, 11) is 0. The van der Waals surface area contributed by atoms with Gasteiger partial charge in [-0.3, -0.25) is 0 Å². The number of hydrogen-bond donors (Lipinski definition) is 1. The van der Waals surface area contributed by atoms with Crippen LogP contribution in [0.4, 0.5) is 0 Å². The number of hydrogen-bond acceptors (Lipinski definition) is 4. The van der Waals surface area contributed by atoms with Gasteiger partial charge < -0.3 is 10.3 Å². The van der Waals surface area contributed by atoms with Crippen molar-refractivity contribution in [2.45, 2.75) is 30.9 Å². The van der Waals surface area contributed by atoms with Crippen molar-refractivity contribution in [1.82, 2.24) is 14.8 Å². The lowest BCUT2D eigenvalue weighted by Crippen LogP contribution is -2.08. The summed E-state index contributed by atoms with van der Waals surface area (Å²) in [4.78, 5) is 0. The van der Waals surface area contributed by atoms with Crippen LogP contribution in [0, 0.1) is 0 Å². The van der Waals surface area contributed by atoms with Crippen LogP contribution in [0.15, 0.2) is 29.4 Å². The van der Waals surface area contributed by atoms with E-state index in [9.17, 15) is 0 Å². The fraction of sp³-hybridized carbons (Fsp3) is 0.333. The molecule has 0 atom stereocenters. The van der Waals surface area contributed by atoms with Gasteiger partial charge in [-0.25, -0.2) is 0 Å². The number of halogens is 1. The van der Waals surface area contributed by atoms with Gasteiger partial charge in [0.2, 0.25) is 0 Å². The van der Waals surface area contributed by atoms with E-state index in [4.69, 9.17) is 17.3 Å². The predicted octanol–water partition coefficient (Wildman–Crippen LogP) is 2.70. The van der Waals surface area contributed by atoms with Crippen molar-refractivity contribution < 1.29 is 0 Å². The first-order valence-electron chi connectivity index (χ1n) is 5.74. The first-order chi connectivity index (χ1) is 8.74. The highest BCUT2D eigenvalue weighted by molar-refractivity contribution is 7.98. The van der Waals surface area contributed by atoms with E-state index in [2.05, 4.69) is 17.1 Å². The van der Waals surface area contributed by atoms with E-state index in [1.54, 1.807) is 11.8 Å². The monoisotopic (exact) mass is 282 g/mol. The number of rotatable bonds is 5. The lowest BCUT2D eigenvalue weighted by Gasteiger charge is -2.05. The molecule has 4 nitrogen and oxygen atoms in total. The van der Waals surface area contributed by atoms with Crippen molar-refractivity contribution in [3.63, 3.8) is 0 Å². The normalized spacial score (nSPS) is 10.8. The number of aromatic nitrogens is 3. The summed E-state index contributed by atoms with van der Waals surface area (Å²) in [6.07, 6.45) is 0. The van der Waals surface area contributed by atoms with E-state index < -0.39 is 0 Å². The molecule has 96 valence electrons. The summed E-state index contributed by atoms with van der Waals surface area (Å²) in [5.74, 6) is 1.68. The first kappa shape index (κ1) is 13.4. The fourth-order valence-electron chi connectivity index (χ4n) is 1.62. The van der Waals surface area contributed by atoms with Gasteiger partial charge in [-0.1, -0.05) is 35.5 Å². The Morgan fingerprint density at radius 3 is 2.61 bits per heavy atom. The maximum absolute atomic E-state index is 5.85. The maximum Gasteiger partial charge on any atom is 0.191 e. The van der Waals surface area contributed by atoms with E-state index >= 15 is 0 Å². The van der Waals surface area contributed by atoms with E-state index in [1.165, 1.54) is 5.56 Å². The Bertz CT molecular complexity index is 509. The SMILES string of the molecule is CCn1c(CN)nnc1SCc1ccc(Cl)cc1. The zero-order chi connectivity index (χ0) is 13.0. The van der Waals surface area contributed by atoms with Crippen molar-refractivity contribution >= 4 is 23.4 Å². The van der Waals surface area contributed by atoms with Gasteiger partial charge in [0.25, 0.3) is 0 Å². The average molecular weight is 283 g/mol. The molecule has 0 unspecified atom stereocenters. The lowest BCUT2D eigenvalue weighted by molar-refractivity contribution is 0.643. The molecule has 0 fully saturated rings. The second-order valence-corrected chi connectivity index (χ2v) is 5.14. The minimum Gasteiger partial charge on any atom is -0.324 e. The van der Waals surface area contributed by atoms with Crippen LogP contribution < -0.4 is 5.73 Å². The quantitative estimate of drug-likeness (QED) is 0.857. The Hall–Kier alpha value is -1.04. The highest BCUT2D eigenvalue weighted by atomic mass is 35.5. The van der Waals surface area contributed by atoms with Crippen molar-refractivity contribution in [2.75, 3.05) is 0 Å². The third-order valence-electron chi connectivity index (χ3n) is 2.57. The molecule has 0 radical (unpaired) electrons. The van der Waals surface area contributed by atoms with Crippen LogP contribution in [0.1, 0.15) is 18.3 Å². The van der Waals surface area contributed by atoms with Crippen LogP contribution >= 0.6 is 23.4 Å². The summed E-state index contributed by atoms with van der Waals surface area (Å²) in [5, 5.41) is 9.90. The lowest BCUT2D eigenvalue weighted by atomic mass is 10.2. The second-order valence-electron chi connectivity index (χ2n) is 3.76. The molecule has 0 aliphatic rings. The average Bonchev–Trinajstić information content (AvgIpc) is 2.80. The third kappa shape index (κ3) is 3.04. The van der Waals surface area contributed by atoms with E-state index in [-0.39, 0.29) is 0 Å². The van der Waals surface area contributed by atoms with Gasteiger partial charge in [-0.15, -0.1) is 10.2 Å². The molecule has 6 heteroatoms. The van der Waals surface area contributed by atoms with Crippen LogP contribution in [0.2, 0.25) is 5.02 Å². The van der Waals surface area contributed by atoms with Gasteiger partial charge in [0.05, 0.1) is 6.54 Å². The topological polar surface area (TPSA) is 56.7 Å². The number of nitrogens with two attached hydrogens (primary N) is 1. The summed E-state index contributed by atoms with van der Waals surface area (Å²) in [6, 6.07) is 7.83. The van der Waals surface area contributed by atoms with Crippen LogP contribution in [0.25, 0.3) is 0 Å². The number of nitrogens with zero attached hydrogens (tertiary/aromatic N) is 3. The zero-order valence-electron chi connectivity index (χ0n) is 10.1. The smallest absolute Gasteiger partial charge is 0.191 e. The van der Waals surface area contributed by atoms with Gasteiger partial charge in [0.1, 0.15) is 5.82 Å². The molecule has 0 amide bonds. The van der Waals surface area contributed by atoms with Crippen LogP contribution in [0.3, 0.4) is 0 Å². The Morgan fingerprint density at radius 1 is 1.28 bits per heavy atom. The largest absolute Gasteiger partial charge is 0.324 e. The number of benzene rings is 1. The second kappa shape index (κ2) is 6.22. The van der Waals surface area contributed by atoms with Gasteiger partial charge in [0, 0.05) is 17.3 Å². The molecule has 0 saturated heterocycles. The maximum atomic E-state index is 5.85. The van der Waals surface area contributed by atoms with Crippen molar-refractivity contribution in [3.8, 4) is 0 Å².